The molecule has 1 aromatic heterocycles. The molecule has 0 aliphatic carbocycles. The first-order valence-electron chi connectivity index (χ1n) is 10.8. The van der Waals surface area contributed by atoms with Crippen LogP contribution in [0.1, 0.15) is 32.4 Å². The number of amides is 1. The number of aryl methyl sites for hydroxylation is 1. The minimum atomic E-state index is -0.775. The van der Waals surface area contributed by atoms with Gasteiger partial charge in [-0.1, -0.05) is 0 Å². The van der Waals surface area contributed by atoms with Gasteiger partial charge in [0.25, 0.3) is 5.56 Å². The number of nitrogens with one attached hydrogen (secondary N) is 1. The van der Waals surface area contributed by atoms with E-state index in [1.807, 2.05) is 43.3 Å². The molecule has 0 fully saturated rings. The third-order valence-electron chi connectivity index (χ3n) is 5.55. The van der Waals surface area contributed by atoms with Crippen molar-refractivity contribution >= 4 is 17.3 Å². The zero-order valence-corrected chi connectivity index (χ0v) is 19.3. The molecule has 2 aromatic carbocycles. The normalized spacial score (nSPS) is 11.7. The molecule has 1 unspecified atom stereocenters. The van der Waals surface area contributed by atoms with Crippen molar-refractivity contribution in [3.05, 3.63) is 70.5 Å². The van der Waals surface area contributed by atoms with Crippen LogP contribution in [0, 0.1) is 6.92 Å². The number of nitrogens with zero attached hydrogens (tertiary/aromatic N) is 3. The fraction of sp³-hybridized carbons (Fsp3) is 0.320. The van der Waals surface area contributed by atoms with Crippen LogP contribution in [0.5, 0.6) is 5.75 Å². The summed E-state index contributed by atoms with van der Waals surface area (Å²) in [6, 6.07) is 15.6. The van der Waals surface area contributed by atoms with E-state index < -0.39 is 6.04 Å². The first-order valence-corrected chi connectivity index (χ1v) is 10.8. The molecule has 7 nitrogen and oxygen atoms in total. The molecule has 1 N–H and O–H groups in total. The summed E-state index contributed by atoms with van der Waals surface area (Å²) in [4.78, 5) is 27.6. The Kier molecular flexibility index (Phi) is 7.30. The Morgan fingerprint density at radius 1 is 1.09 bits per heavy atom. The number of rotatable bonds is 8. The van der Waals surface area contributed by atoms with E-state index in [1.165, 1.54) is 10.7 Å². The van der Waals surface area contributed by atoms with Crippen molar-refractivity contribution in [2.75, 3.05) is 30.4 Å². The van der Waals surface area contributed by atoms with Crippen molar-refractivity contribution in [1.29, 1.82) is 0 Å². The van der Waals surface area contributed by atoms with Crippen LogP contribution in [0.3, 0.4) is 0 Å². The van der Waals surface area contributed by atoms with Crippen LogP contribution in [-0.2, 0) is 4.79 Å². The summed E-state index contributed by atoms with van der Waals surface area (Å²) in [6.45, 7) is 9.68. The predicted octanol–water partition coefficient (Wildman–Crippen LogP) is 4.27. The fourth-order valence-electron chi connectivity index (χ4n) is 3.54. The third kappa shape index (κ3) is 4.99. The molecule has 0 radical (unpaired) electrons. The van der Waals surface area contributed by atoms with Crippen LogP contribution < -0.4 is 20.5 Å². The monoisotopic (exact) mass is 434 g/mol. The molecule has 1 atom stereocenters. The second-order valence-corrected chi connectivity index (χ2v) is 7.57. The van der Waals surface area contributed by atoms with Gasteiger partial charge in [-0.15, -0.1) is 0 Å². The lowest BCUT2D eigenvalue weighted by Gasteiger charge is -2.22. The van der Waals surface area contributed by atoms with E-state index in [2.05, 4.69) is 35.2 Å². The van der Waals surface area contributed by atoms with Gasteiger partial charge >= 0.3 is 0 Å². The Balaban J connectivity index is 1.82. The number of ether oxygens (including phenoxy) is 1. The highest BCUT2D eigenvalue weighted by Gasteiger charge is 2.19. The standard InChI is InChI=1S/C25H30N4O3/c1-6-28(7-2)20-10-13-22(17(3)16-20)26-25(31)18(4)29-24(30)15-14-23(27-29)19-8-11-21(32-5)12-9-19/h8-16,18H,6-7H2,1-5H3,(H,26,31). The zero-order valence-electron chi connectivity index (χ0n) is 19.3. The number of hydrogen-bond acceptors (Lipinski definition) is 5. The minimum Gasteiger partial charge on any atom is -0.497 e. The van der Waals surface area contributed by atoms with Crippen LogP contribution in [0.4, 0.5) is 11.4 Å². The molecule has 7 heteroatoms. The maximum absolute atomic E-state index is 12.9. The molecule has 0 spiro atoms. The van der Waals surface area contributed by atoms with Crippen LogP contribution in [0.2, 0.25) is 0 Å². The maximum Gasteiger partial charge on any atom is 0.267 e. The summed E-state index contributed by atoms with van der Waals surface area (Å²) in [6.07, 6.45) is 0. The van der Waals surface area contributed by atoms with Gasteiger partial charge in [-0.25, -0.2) is 4.68 Å². The molecule has 0 bridgehead atoms. The SMILES string of the molecule is CCN(CC)c1ccc(NC(=O)C(C)n2nc(-c3ccc(OC)cc3)ccc2=O)c(C)c1. The molecule has 0 saturated heterocycles. The van der Waals surface area contributed by atoms with E-state index in [-0.39, 0.29) is 11.5 Å². The molecule has 3 aromatic rings. The van der Waals surface area contributed by atoms with Crippen molar-refractivity contribution in [2.24, 2.45) is 0 Å². The van der Waals surface area contributed by atoms with Gasteiger partial charge in [0.15, 0.2) is 0 Å². The van der Waals surface area contributed by atoms with Crippen LogP contribution >= 0.6 is 0 Å². The number of anilines is 2. The topological polar surface area (TPSA) is 76.5 Å². The average Bonchev–Trinajstić information content (AvgIpc) is 2.81. The minimum absolute atomic E-state index is 0.301. The summed E-state index contributed by atoms with van der Waals surface area (Å²) in [5, 5.41) is 7.38. The molecule has 32 heavy (non-hydrogen) atoms. The third-order valence-corrected chi connectivity index (χ3v) is 5.55. The van der Waals surface area contributed by atoms with Crippen molar-refractivity contribution in [2.45, 2.75) is 33.7 Å². The van der Waals surface area contributed by atoms with Gasteiger partial charge in [-0.05, 0) is 81.8 Å². The van der Waals surface area contributed by atoms with Crippen LogP contribution in [0.15, 0.2) is 59.4 Å². The summed E-state index contributed by atoms with van der Waals surface area (Å²) in [5.74, 6) is 0.433. The zero-order chi connectivity index (χ0) is 23.3. The van der Waals surface area contributed by atoms with E-state index in [1.54, 1.807) is 20.1 Å². The summed E-state index contributed by atoms with van der Waals surface area (Å²) in [5.41, 5.74) is 3.89. The number of carbonyl (C=O) groups excluding carboxylic acids is 1. The number of hydrogen-bond donors (Lipinski definition) is 1. The second kappa shape index (κ2) is 10.1. The number of methoxy groups -OCH3 is 1. The Morgan fingerprint density at radius 2 is 1.78 bits per heavy atom. The lowest BCUT2D eigenvalue weighted by molar-refractivity contribution is -0.119. The Labute approximate surface area is 188 Å². The van der Waals surface area contributed by atoms with Gasteiger partial charge in [-0.3, -0.25) is 9.59 Å². The van der Waals surface area contributed by atoms with Gasteiger partial charge in [-0.2, -0.15) is 5.10 Å². The average molecular weight is 435 g/mol. The molecule has 1 heterocycles. The predicted molar refractivity (Wildman–Crippen MR) is 129 cm³/mol. The van der Waals surface area contributed by atoms with Crippen molar-refractivity contribution in [1.82, 2.24) is 9.78 Å². The van der Waals surface area contributed by atoms with Crippen molar-refractivity contribution in [3.8, 4) is 17.0 Å². The van der Waals surface area contributed by atoms with Crippen molar-refractivity contribution < 1.29 is 9.53 Å². The summed E-state index contributed by atoms with van der Waals surface area (Å²) in [7, 11) is 1.60. The number of carbonyl (C=O) groups is 1. The van der Waals surface area contributed by atoms with E-state index in [9.17, 15) is 9.59 Å². The fourth-order valence-corrected chi connectivity index (χ4v) is 3.54. The summed E-state index contributed by atoms with van der Waals surface area (Å²) >= 11 is 0. The van der Waals surface area contributed by atoms with Gasteiger partial charge in [0.2, 0.25) is 5.91 Å². The maximum atomic E-state index is 12.9. The highest BCUT2D eigenvalue weighted by atomic mass is 16.5. The lowest BCUT2D eigenvalue weighted by Crippen LogP contribution is -2.33. The first kappa shape index (κ1) is 23.1. The molecule has 0 aliphatic rings. The largest absolute Gasteiger partial charge is 0.497 e. The molecular weight excluding hydrogens is 404 g/mol. The van der Waals surface area contributed by atoms with Gasteiger partial charge < -0.3 is 15.0 Å². The number of aromatic nitrogens is 2. The van der Waals surface area contributed by atoms with Crippen molar-refractivity contribution in [3.63, 3.8) is 0 Å². The van der Waals surface area contributed by atoms with Crippen LogP contribution in [-0.4, -0.2) is 35.9 Å². The van der Waals surface area contributed by atoms with Gasteiger partial charge in [0.05, 0.1) is 12.8 Å². The Hall–Kier alpha value is -3.61. The van der Waals surface area contributed by atoms with Gasteiger partial charge in [0, 0.05) is 36.1 Å². The quantitative estimate of drug-likeness (QED) is 0.573. The molecule has 168 valence electrons. The van der Waals surface area contributed by atoms with E-state index in [0.29, 0.717) is 5.69 Å². The van der Waals surface area contributed by atoms with E-state index in [0.717, 1.165) is 41.3 Å². The Morgan fingerprint density at radius 3 is 2.38 bits per heavy atom. The highest BCUT2D eigenvalue weighted by Crippen LogP contribution is 2.24. The highest BCUT2D eigenvalue weighted by molar-refractivity contribution is 5.94. The smallest absolute Gasteiger partial charge is 0.267 e. The first-order chi connectivity index (χ1) is 15.4. The Bertz CT molecular complexity index is 1130. The number of benzene rings is 2. The van der Waals surface area contributed by atoms with E-state index in [4.69, 9.17) is 4.74 Å². The molecule has 0 saturated carbocycles. The molecule has 1 amide bonds. The molecule has 3 rings (SSSR count). The molecule has 0 aliphatic heterocycles. The molecular formula is C25H30N4O3. The van der Waals surface area contributed by atoms with Crippen LogP contribution in [0.25, 0.3) is 11.3 Å². The van der Waals surface area contributed by atoms with Gasteiger partial charge in [0.1, 0.15) is 11.8 Å². The van der Waals surface area contributed by atoms with E-state index >= 15 is 0 Å². The summed E-state index contributed by atoms with van der Waals surface area (Å²) < 4.78 is 6.40. The second-order valence-electron chi connectivity index (χ2n) is 7.57. The lowest BCUT2D eigenvalue weighted by atomic mass is 10.1.